The molecule has 1 atom stereocenters. The van der Waals surface area contributed by atoms with Gasteiger partial charge in [-0.25, -0.2) is 4.79 Å². The smallest absolute Gasteiger partial charge is 0.412 e. The average Bonchev–Trinajstić information content (AvgIpc) is 2.81. The first kappa shape index (κ1) is 25.9. The summed E-state index contributed by atoms with van der Waals surface area (Å²) in [4.78, 5) is 38.8. The van der Waals surface area contributed by atoms with E-state index in [1.165, 1.54) is 14.2 Å². The standard InChI is InChI=1S/C26H32N2O7/c1-26(2,3)35-25(31)27-18-11-12-22-21(13-18)28(15-17-9-7-6-8-10-17)16-19(34-22)14-20(23(29)32-4)24(30)33-5/h6-13,19-20H,14-16H2,1-5H3,(H,27,31)/t19-/m0/s1. The van der Waals surface area contributed by atoms with Crippen LogP contribution in [0.2, 0.25) is 0 Å². The molecule has 9 nitrogen and oxygen atoms in total. The molecule has 9 heteroatoms. The van der Waals surface area contributed by atoms with Crippen LogP contribution in [-0.2, 0) is 30.3 Å². The number of esters is 2. The van der Waals surface area contributed by atoms with Gasteiger partial charge in [-0.1, -0.05) is 30.3 Å². The molecule has 2 aromatic rings. The summed E-state index contributed by atoms with van der Waals surface area (Å²) in [5.41, 5.74) is 1.78. The first-order chi connectivity index (χ1) is 16.6. The Kier molecular flexibility index (Phi) is 8.22. The summed E-state index contributed by atoms with van der Waals surface area (Å²) < 4.78 is 21.1. The number of amides is 1. The molecule has 1 aliphatic rings. The molecule has 188 valence electrons. The molecule has 1 aliphatic heterocycles. The van der Waals surface area contributed by atoms with Crippen LogP contribution in [-0.4, -0.2) is 50.5 Å². The topological polar surface area (TPSA) is 103 Å². The highest BCUT2D eigenvalue weighted by atomic mass is 16.6. The van der Waals surface area contributed by atoms with Crippen molar-refractivity contribution in [1.82, 2.24) is 0 Å². The van der Waals surface area contributed by atoms with Gasteiger partial charge >= 0.3 is 18.0 Å². The molecular formula is C26H32N2O7. The minimum Gasteiger partial charge on any atom is -0.486 e. The van der Waals surface area contributed by atoms with Gasteiger partial charge in [0, 0.05) is 18.7 Å². The van der Waals surface area contributed by atoms with Crippen LogP contribution < -0.4 is 15.0 Å². The van der Waals surface area contributed by atoms with Crippen molar-refractivity contribution in [2.75, 3.05) is 31.0 Å². The molecule has 0 aliphatic carbocycles. The highest BCUT2D eigenvalue weighted by Gasteiger charge is 2.36. The molecule has 0 radical (unpaired) electrons. The lowest BCUT2D eigenvalue weighted by Gasteiger charge is -2.37. The Morgan fingerprint density at radius 3 is 2.31 bits per heavy atom. The van der Waals surface area contributed by atoms with Crippen molar-refractivity contribution in [3.05, 3.63) is 54.1 Å². The van der Waals surface area contributed by atoms with Crippen LogP contribution in [0, 0.1) is 5.92 Å². The Hall–Kier alpha value is -3.75. The number of carbonyl (C=O) groups excluding carboxylic acids is 3. The first-order valence-corrected chi connectivity index (χ1v) is 11.3. The van der Waals surface area contributed by atoms with E-state index >= 15 is 0 Å². The van der Waals surface area contributed by atoms with E-state index in [1.54, 1.807) is 32.9 Å². The Morgan fingerprint density at radius 1 is 1.06 bits per heavy atom. The summed E-state index contributed by atoms with van der Waals surface area (Å²) in [5.74, 6) is -1.86. The molecule has 1 heterocycles. The van der Waals surface area contributed by atoms with Crippen LogP contribution in [0.1, 0.15) is 32.8 Å². The maximum absolute atomic E-state index is 12.3. The van der Waals surface area contributed by atoms with Gasteiger partial charge in [-0.05, 0) is 44.5 Å². The fourth-order valence-corrected chi connectivity index (χ4v) is 3.84. The summed E-state index contributed by atoms with van der Waals surface area (Å²) in [7, 11) is 2.46. The molecule has 2 aromatic carbocycles. The number of hydrogen-bond donors (Lipinski definition) is 1. The molecule has 0 fully saturated rings. The van der Waals surface area contributed by atoms with Gasteiger partial charge in [-0.2, -0.15) is 0 Å². The molecule has 0 unspecified atom stereocenters. The molecule has 0 aromatic heterocycles. The largest absolute Gasteiger partial charge is 0.486 e. The van der Waals surface area contributed by atoms with Crippen LogP contribution in [0.5, 0.6) is 5.75 Å². The molecular weight excluding hydrogens is 452 g/mol. The first-order valence-electron chi connectivity index (χ1n) is 11.3. The van der Waals surface area contributed by atoms with Crippen molar-refractivity contribution >= 4 is 29.4 Å². The van der Waals surface area contributed by atoms with Crippen molar-refractivity contribution in [3.63, 3.8) is 0 Å². The van der Waals surface area contributed by atoms with Gasteiger partial charge in [-0.3, -0.25) is 14.9 Å². The third-order valence-electron chi connectivity index (χ3n) is 5.35. The number of ether oxygens (including phenoxy) is 4. The van der Waals surface area contributed by atoms with Gasteiger partial charge in [-0.15, -0.1) is 0 Å². The molecule has 0 saturated carbocycles. The van der Waals surface area contributed by atoms with Crippen molar-refractivity contribution in [3.8, 4) is 5.75 Å². The monoisotopic (exact) mass is 484 g/mol. The van der Waals surface area contributed by atoms with Crippen molar-refractivity contribution in [1.29, 1.82) is 0 Å². The van der Waals surface area contributed by atoms with Crippen LogP contribution in [0.25, 0.3) is 0 Å². The predicted octanol–water partition coefficient (Wildman–Crippen LogP) is 4.15. The van der Waals surface area contributed by atoms with Gasteiger partial charge in [0.05, 0.1) is 26.5 Å². The van der Waals surface area contributed by atoms with Gasteiger partial charge < -0.3 is 23.8 Å². The highest BCUT2D eigenvalue weighted by Crippen LogP contribution is 2.38. The second-order valence-corrected chi connectivity index (χ2v) is 9.25. The second kappa shape index (κ2) is 11.1. The summed E-state index contributed by atoms with van der Waals surface area (Å²) >= 11 is 0. The molecule has 0 bridgehead atoms. The van der Waals surface area contributed by atoms with Gasteiger partial charge in [0.2, 0.25) is 0 Å². The molecule has 3 rings (SSSR count). The zero-order valence-corrected chi connectivity index (χ0v) is 20.7. The zero-order valence-electron chi connectivity index (χ0n) is 20.7. The fraction of sp³-hybridized carbons (Fsp3) is 0.423. The summed E-state index contributed by atoms with van der Waals surface area (Å²) in [6, 6.07) is 15.2. The molecule has 1 N–H and O–H groups in total. The predicted molar refractivity (Wildman–Crippen MR) is 130 cm³/mol. The zero-order chi connectivity index (χ0) is 25.6. The molecule has 0 spiro atoms. The number of nitrogens with one attached hydrogen (secondary N) is 1. The van der Waals surface area contributed by atoms with Crippen molar-refractivity contribution < 1.29 is 33.3 Å². The van der Waals surface area contributed by atoms with E-state index in [0.29, 0.717) is 24.5 Å². The number of benzene rings is 2. The third kappa shape index (κ3) is 7.11. The van der Waals surface area contributed by atoms with E-state index < -0.39 is 35.7 Å². The van der Waals surface area contributed by atoms with E-state index in [1.807, 2.05) is 36.4 Å². The van der Waals surface area contributed by atoms with E-state index in [2.05, 4.69) is 10.2 Å². The Labute approximate surface area is 205 Å². The van der Waals surface area contributed by atoms with E-state index in [-0.39, 0.29) is 6.42 Å². The number of rotatable bonds is 7. The Bertz CT molecular complexity index is 1030. The summed E-state index contributed by atoms with van der Waals surface area (Å²) in [6.07, 6.45) is -0.929. The van der Waals surface area contributed by atoms with Crippen LogP contribution in [0.15, 0.2) is 48.5 Å². The van der Waals surface area contributed by atoms with Crippen LogP contribution in [0.4, 0.5) is 16.2 Å². The molecule has 1 amide bonds. The van der Waals surface area contributed by atoms with Gasteiger partial charge in [0.15, 0.2) is 5.92 Å². The quantitative estimate of drug-likeness (QED) is 0.355. The SMILES string of the molecule is COC(=O)C(C[C@H]1CN(Cc2ccccc2)c2cc(NC(=O)OC(C)(C)C)ccc2O1)C(=O)OC. The number of fused-ring (bicyclic) bond motifs is 1. The number of nitrogens with zero attached hydrogens (tertiary/aromatic N) is 1. The van der Waals surface area contributed by atoms with Crippen LogP contribution in [0.3, 0.4) is 0 Å². The highest BCUT2D eigenvalue weighted by molar-refractivity contribution is 5.94. The van der Waals surface area contributed by atoms with E-state index in [4.69, 9.17) is 18.9 Å². The Balaban J connectivity index is 1.87. The minimum atomic E-state index is -1.09. The molecule has 0 saturated heterocycles. The third-order valence-corrected chi connectivity index (χ3v) is 5.35. The number of anilines is 2. The van der Waals surface area contributed by atoms with E-state index in [9.17, 15) is 14.4 Å². The maximum atomic E-state index is 12.3. The lowest BCUT2D eigenvalue weighted by Crippen LogP contribution is -2.43. The summed E-state index contributed by atoms with van der Waals surface area (Å²) in [6.45, 7) is 6.35. The number of carbonyl (C=O) groups is 3. The van der Waals surface area contributed by atoms with Gasteiger partial charge in [0.1, 0.15) is 17.5 Å². The van der Waals surface area contributed by atoms with Crippen molar-refractivity contribution in [2.45, 2.75) is 45.4 Å². The Morgan fingerprint density at radius 2 is 1.71 bits per heavy atom. The maximum Gasteiger partial charge on any atom is 0.412 e. The lowest BCUT2D eigenvalue weighted by molar-refractivity contribution is -0.160. The summed E-state index contributed by atoms with van der Waals surface area (Å²) in [5, 5.41) is 2.76. The van der Waals surface area contributed by atoms with E-state index in [0.717, 1.165) is 11.3 Å². The second-order valence-electron chi connectivity index (χ2n) is 9.25. The fourth-order valence-electron chi connectivity index (χ4n) is 3.84. The number of methoxy groups -OCH3 is 2. The van der Waals surface area contributed by atoms with Gasteiger partial charge in [0.25, 0.3) is 0 Å². The normalized spacial score (nSPS) is 15.0. The number of hydrogen-bond acceptors (Lipinski definition) is 8. The van der Waals surface area contributed by atoms with Crippen molar-refractivity contribution in [2.24, 2.45) is 5.92 Å². The van der Waals surface area contributed by atoms with Crippen LogP contribution >= 0.6 is 0 Å². The average molecular weight is 485 g/mol. The molecule has 35 heavy (non-hydrogen) atoms. The lowest BCUT2D eigenvalue weighted by atomic mass is 9.99. The minimum absolute atomic E-state index is 0.0992.